The van der Waals surface area contributed by atoms with E-state index in [4.69, 9.17) is 21.1 Å². The molecule has 3 heteroatoms. The second-order valence-corrected chi connectivity index (χ2v) is 5.82. The summed E-state index contributed by atoms with van der Waals surface area (Å²) in [6.07, 6.45) is 1.80. The van der Waals surface area contributed by atoms with Crippen LogP contribution in [0.2, 0.25) is 0 Å². The summed E-state index contributed by atoms with van der Waals surface area (Å²) in [5.74, 6) is 0.963. The van der Waals surface area contributed by atoms with Crippen molar-refractivity contribution >= 4 is 11.6 Å². The molecule has 2 atom stereocenters. The van der Waals surface area contributed by atoms with E-state index in [1.165, 1.54) is 11.1 Å². The smallest absolute Gasteiger partial charge is 0.123 e. The number of halogens is 1. The summed E-state index contributed by atoms with van der Waals surface area (Å²) in [6, 6.07) is 16.6. The van der Waals surface area contributed by atoms with Crippen molar-refractivity contribution in [3.63, 3.8) is 0 Å². The summed E-state index contributed by atoms with van der Waals surface area (Å²) in [7, 11) is 1.72. The first-order valence-corrected chi connectivity index (χ1v) is 7.68. The van der Waals surface area contributed by atoms with Crippen molar-refractivity contribution in [2.75, 3.05) is 13.7 Å². The highest BCUT2D eigenvalue weighted by Gasteiger charge is 2.29. The topological polar surface area (TPSA) is 18.5 Å². The van der Waals surface area contributed by atoms with Crippen LogP contribution in [-0.2, 0) is 17.6 Å². The van der Waals surface area contributed by atoms with Gasteiger partial charge in [0.1, 0.15) is 11.9 Å². The summed E-state index contributed by atoms with van der Waals surface area (Å²) in [4.78, 5) is 0. The van der Waals surface area contributed by atoms with E-state index < -0.39 is 0 Å². The Balaban J connectivity index is 1.67. The lowest BCUT2D eigenvalue weighted by Gasteiger charge is -2.18. The van der Waals surface area contributed by atoms with Gasteiger partial charge in [-0.3, -0.25) is 0 Å². The van der Waals surface area contributed by atoms with Crippen LogP contribution in [0.5, 0.6) is 5.75 Å². The minimum absolute atomic E-state index is 0.00823. The number of benzene rings is 2. The predicted molar refractivity (Wildman–Crippen MR) is 85.2 cm³/mol. The van der Waals surface area contributed by atoms with E-state index in [2.05, 4.69) is 30.3 Å². The molecular weight excluding hydrogens is 284 g/mol. The Hall–Kier alpha value is -1.51. The predicted octanol–water partition coefficient (Wildman–Crippen LogP) is 4.16. The molecule has 21 heavy (non-hydrogen) atoms. The van der Waals surface area contributed by atoms with Crippen LogP contribution in [0, 0.1) is 0 Å². The summed E-state index contributed by atoms with van der Waals surface area (Å²) in [6.45, 7) is 0.741. The largest absolute Gasteiger partial charge is 0.488 e. The highest BCUT2D eigenvalue weighted by molar-refractivity contribution is 6.21. The molecule has 2 nitrogen and oxygen atoms in total. The molecule has 2 aromatic rings. The second kappa shape index (κ2) is 6.50. The van der Waals surface area contributed by atoms with Crippen molar-refractivity contribution in [1.29, 1.82) is 0 Å². The fraction of sp³-hybridized carbons (Fsp3) is 0.333. The number of alkyl halides is 1. The lowest BCUT2D eigenvalue weighted by molar-refractivity contribution is 0.202. The summed E-state index contributed by atoms with van der Waals surface area (Å²) in [5.41, 5.74) is 3.61. The zero-order valence-corrected chi connectivity index (χ0v) is 12.8. The van der Waals surface area contributed by atoms with Crippen LogP contribution in [0.1, 0.15) is 22.1 Å². The quantitative estimate of drug-likeness (QED) is 0.772. The maximum atomic E-state index is 6.61. The molecule has 3 rings (SSSR count). The monoisotopic (exact) mass is 302 g/mol. The first-order valence-electron chi connectivity index (χ1n) is 7.24. The van der Waals surface area contributed by atoms with E-state index in [0.717, 1.165) is 30.8 Å². The molecule has 1 aliphatic heterocycles. The molecule has 1 heterocycles. The van der Waals surface area contributed by atoms with Crippen molar-refractivity contribution in [2.45, 2.75) is 24.3 Å². The van der Waals surface area contributed by atoms with Gasteiger partial charge in [0.05, 0.1) is 12.0 Å². The lowest BCUT2D eigenvalue weighted by Crippen LogP contribution is -2.19. The Labute approximate surface area is 130 Å². The van der Waals surface area contributed by atoms with Gasteiger partial charge in [-0.1, -0.05) is 42.5 Å². The third kappa shape index (κ3) is 3.22. The Morgan fingerprint density at radius 2 is 1.95 bits per heavy atom. The Morgan fingerprint density at radius 1 is 1.19 bits per heavy atom. The van der Waals surface area contributed by atoms with Gasteiger partial charge < -0.3 is 9.47 Å². The number of para-hydroxylation sites is 1. The van der Waals surface area contributed by atoms with Crippen LogP contribution in [-0.4, -0.2) is 19.8 Å². The Morgan fingerprint density at radius 3 is 2.67 bits per heavy atom. The standard InChI is InChI=1S/C18H19ClO2/c1-20-11-10-13-6-8-14(9-7-13)18(19)17-12-15-4-2-3-5-16(15)21-17/h2-9,17-18H,10-12H2,1H3. The molecule has 0 spiro atoms. The molecular formula is C18H19ClO2. The summed E-state index contributed by atoms with van der Waals surface area (Å²) < 4.78 is 11.1. The van der Waals surface area contributed by atoms with E-state index in [9.17, 15) is 0 Å². The van der Waals surface area contributed by atoms with Crippen molar-refractivity contribution in [3.05, 3.63) is 65.2 Å². The van der Waals surface area contributed by atoms with Crippen LogP contribution >= 0.6 is 11.6 Å². The van der Waals surface area contributed by atoms with E-state index in [1.54, 1.807) is 7.11 Å². The molecule has 1 aliphatic rings. The fourth-order valence-electron chi connectivity index (χ4n) is 2.67. The van der Waals surface area contributed by atoms with Gasteiger partial charge in [-0.25, -0.2) is 0 Å². The van der Waals surface area contributed by atoms with Crippen LogP contribution < -0.4 is 4.74 Å². The van der Waals surface area contributed by atoms with Crippen molar-refractivity contribution in [2.24, 2.45) is 0 Å². The molecule has 0 bridgehead atoms. The van der Waals surface area contributed by atoms with E-state index >= 15 is 0 Å². The number of hydrogen-bond donors (Lipinski definition) is 0. The average molecular weight is 303 g/mol. The molecule has 0 radical (unpaired) electrons. The average Bonchev–Trinajstić information content (AvgIpc) is 2.96. The SMILES string of the molecule is COCCc1ccc(C(Cl)C2Cc3ccccc3O2)cc1. The van der Waals surface area contributed by atoms with E-state index in [-0.39, 0.29) is 11.5 Å². The number of hydrogen-bond acceptors (Lipinski definition) is 2. The van der Waals surface area contributed by atoms with E-state index in [1.807, 2.05) is 18.2 Å². The third-order valence-corrected chi connectivity index (χ3v) is 4.42. The minimum Gasteiger partial charge on any atom is -0.488 e. The van der Waals surface area contributed by atoms with Crippen LogP contribution in [0.4, 0.5) is 0 Å². The Bertz CT molecular complexity index is 569. The van der Waals surface area contributed by atoms with E-state index in [0.29, 0.717) is 0 Å². The zero-order valence-electron chi connectivity index (χ0n) is 12.1. The molecule has 2 aromatic carbocycles. The minimum atomic E-state index is -0.131. The van der Waals surface area contributed by atoms with Gasteiger partial charge in [0.2, 0.25) is 0 Å². The van der Waals surface area contributed by atoms with Crippen LogP contribution in [0.15, 0.2) is 48.5 Å². The molecule has 0 N–H and O–H groups in total. The molecule has 0 saturated carbocycles. The molecule has 0 amide bonds. The van der Waals surface area contributed by atoms with Gasteiger partial charge in [0, 0.05) is 13.5 Å². The highest BCUT2D eigenvalue weighted by atomic mass is 35.5. The zero-order chi connectivity index (χ0) is 14.7. The normalized spacial score (nSPS) is 18.1. The lowest BCUT2D eigenvalue weighted by atomic mass is 10.0. The first kappa shape index (κ1) is 14.4. The van der Waals surface area contributed by atoms with Gasteiger partial charge in [0.25, 0.3) is 0 Å². The van der Waals surface area contributed by atoms with Crippen molar-refractivity contribution in [1.82, 2.24) is 0 Å². The number of methoxy groups -OCH3 is 1. The fourth-order valence-corrected chi connectivity index (χ4v) is 2.96. The number of fused-ring (bicyclic) bond motifs is 1. The van der Waals surface area contributed by atoms with Gasteiger partial charge in [0.15, 0.2) is 0 Å². The maximum absolute atomic E-state index is 6.61. The molecule has 2 unspecified atom stereocenters. The van der Waals surface area contributed by atoms with Gasteiger partial charge >= 0.3 is 0 Å². The van der Waals surface area contributed by atoms with Gasteiger partial charge in [-0.2, -0.15) is 0 Å². The third-order valence-electron chi connectivity index (χ3n) is 3.89. The van der Waals surface area contributed by atoms with Crippen LogP contribution in [0.3, 0.4) is 0 Å². The maximum Gasteiger partial charge on any atom is 0.123 e. The molecule has 0 saturated heterocycles. The molecule has 0 fully saturated rings. The van der Waals surface area contributed by atoms with Crippen molar-refractivity contribution < 1.29 is 9.47 Å². The number of rotatable bonds is 5. The summed E-state index contributed by atoms with van der Waals surface area (Å²) >= 11 is 6.61. The van der Waals surface area contributed by atoms with Gasteiger partial charge in [-0.15, -0.1) is 11.6 Å². The molecule has 0 aliphatic carbocycles. The second-order valence-electron chi connectivity index (χ2n) is 5.35. The highest BCUT2D eigenvalue weighted by Crippen LogP contribution is 2.37. The first-order chi connectivity index (χ1) is 10.3. The molecule has 110 valence electrons. The van der Waals surface area contributed by atoms with Gasteiger partial charge in [-0.05, 0) is 29.2 Å². The Kier molecular flexibility index (Phi) is 4.47. The summed E-state index contributed by atoms with van der Waals surface area (Å²) in [5, 5.41) is -0.131. The molecule has 0 aromatic heterocycles. The van der Waals surface area contributed by atoms with Crippen molar-refractivity contribution in [3.8, 4) is 5.75 Å². The number of ether oxygens (including phenoxy) is 2. The van der Waals surface area contributed by atoms with Crippen LogP contribution in [0.25, 0.3) is 0 Å².